The molecule has 3 heteroatoms. The van der Waals surface area contributed by atoms with Gasteiger partial charge in [0, 0.05) is 6.54 Å². The molecule has 1 unspecified atom stereocenters. The molecule has 134 valence electrons. The van der Waals surface area contributed by atoms with Crippen LogP contribution in [0.15, 0.2) is 34.7 Å². The summed E-state index contributed by atoms with van der Waals surface area (Å²) in [6.45, 7) is 15.8. The molecule has 0 aliphatic heterocycles. The summed E-state index contributed by atoms with van der Waals surface area (Å²) in [6, 6.07) is 0. The average Bonchev–Trinajstić information content (AvgIpc) is 2.53. The van der Waals surface area contributed by atoms with Gasteiger partial charge in [-0.2, -0.15) is 0 Å². The highest BCUT2D eigenvalue weighted by Gasteiger charge is 2.03. The monoisotopic (exact) mass is 341 g/mol. The van der Waals surface area contributed by atoms with Crippen LogP contribution in [-0.2, 0) is 0 Å². The van der Waals surface area contributed by atoms with Gasteiger partial charge in [-0.05, 0) is 76.6 Å². The van der Waals surface area contributed by atoms with Gasteiger partial charge in [-0.3, -0.25) is 0 Å². The smallest absolute Gasteiger partial charge is 0.1000 e. The highest BCUT2D eigenvalue weighted by atomic mass is 31.1. The zero-order valence-corrected chi connectivity index (χ0v) is 17.1. The van der Waals surface area contributed by atoms with E-state index in [4.69, 9.17) is 0 Å². The number of halogens is 1. The van der Waals surface area contributed by atoms with Crippen LogP contribution < -0.4 is 0 Å². The Kier molecular flexibility index (Phi) is 13.7. The molecular weight excluding hydrogens is 304 g/mol. The molecule has 0 amide bonds. The Morgan fingerprint density at radius 2 is 1.74 bits per heavy atom. The van der Waals surface area contributed by atoms with Gasteiger partial charge in [-0.25, -0.2) is 4.39 Å². The number of nitrogens with zero attached hydrogens (tertiary/aromatic N) is 1. The molecule has 0 aromatic rings. The van der Waals surface area contributed by atoms with Crippen molar-refractivity contribution in [3.05, 3.63) is 34.7 Å². The first-order valence-corrected chi connectivity index (χ1v) is 10.5. The molecule has 0 radical (unpaired) electrons. The Bertz CT molecular complexity index is 406. The number of hydrogen-bond acceptors (Lipinski definition) is 1. The Hall–Kier alpha value is -0.460. The zero-order valence-electron chi connectivity index (χ0n) is 16.1. The van der Waals surface area contributed by atoms with Crippen LogP contribution in [0.3, 0.4) is 0 Å². The van der Waals surface area contributed by atoms with Crippen LogP contribution in [0.25, 0.3) is 0 Å². The topological polar surface area (TPSA) is 3.24 Å². The van der Waals surface area contributed by atoms with Gasteiger partial charge in [0.2, 0.25) is 0 Å². The Labute approximate surface area is 145 Å². The fraction of sp³-hybridized carbons (Fsp3) is 0.700. The lowest BCUT2D eigenvalue weighted by Crippen LogP contribution is -2.26. The number of rotatable bonds is 12. The van der Waals surface area contributed by atoms with E-state index in [1.807, 2.05) is 6.92 Å². The summed E-state index contributed by atoms with van der Waals surface area (Å²) in [5.74, 6) is -0.0736. The molecule has 0 spiro atoms. The van der Waals surface area contributed by atoms with Crippen molar-refractivity contribution in [1.82, 2.24) is 4.90 Å². The van der Waals surface area contributed by atoms with Gasteiger partial charge in [-0.1, -0.05) is 38.5 Å². The minimum atomic E-state index is -0.0736. The van der Waals surface area contributed by atoms with Crippen molar-refractivity contribution in [2.75, 3.05) is 32.0 Å². The zero-order chi connectivity index (χ0) is 17.7. The van der Waals surface area contributed by atoms with E-state index in [1.54, 1.807) is 0 Å². The van der Waals surface area contributed by atoms with Crippen LogP contribution in [0.5, 0.6) is 0 Å². The molecule has 0 aromatic carbocycles. The summed E-state index contributed by atoms with van der Waals surface area (Å²) in [6.07, 6.45) is 10.1. The van der Waals surface area contributed by atoms with E-state index in [9.17, 15) is 4.39 Å². The second kappa shape index (κ2) is 13.9. The highest BCUT2D eigenvalue weighted by molar-refractivity contribution is 7.37. The summed E-state index contributed by atoms with van der Waals surface area (Å²) in [7, 11) is 1.11. The summed E-state index contributed by atoms with van der Waals surface area (Å²) in [4.78, 5) is 2.56. The van der Waals surface area contributed by atoms with E-state index in [0.717, 1.165) is 39.1 Å². The standard InChI is InChI=1S/C20H37FNP/c1-7-20(18(5)19(6)21)13-12-17(4)11-10-14-22(8-2)15-16-23-9-3/h12-13,23H,7-11,14-16H2,1-6H3/b17-12+,19-18+,20-13-. The van der Waals surface area contributed by atoms with Gasteiger partial charge in [0.25, 0.3) is 0 Å². The summed E-state index contributed by atoms with van der Waals surface area (Å²) in [5, 5.41) is 0. The minimum absolute atomic E-state index is 0.0736. The highest BCUT2D eigenvalue weighted by Crippen LogP contribution is 2.19. The summed E-state index contributed by atoms with van der Waals surface area (Å²) < 4.78 is 13.3. The summed E-state index contributed by atoms with van der Waals surface area (Å²) in [5.41, 5.74) is 3.26. The fourth-order valence-electron chi connectivity index (χ4n) is 2.48. The van der Waals surface area contributed by atoms with E-state index < -0.39 is 0 Å². The molecule has 1 nitrogen and oxygen atoms in total. The summed E-state index contributed by atoms with van der Waals surface area (Å²) >= 11 is 0. The average molecular weight is 341 g/mol. The van der Waals surface area contributed by atoms with E-state index in [0.29, 0.717) is 0 Å². The van der Waals surface area contributed by atoms with Crippen molar-refractivity contribution in [2.24, 2.45) is 0 Å². The van der Waals surface area contributed by atoms with Gasteiger partial charge >= 0.3 is 0 Å². The Morgan fingerprint density at radius 3 is 2.26 bits per heavy atom. The van der Waals surface area contributed by atoms with Gasteiger partial charge in [-0.15, -0.1) is 8.58 Å². The second-order valence-electron chi connectivity index (χ2n) is 6.11. The van der Waals surface area contributed by atoms with Gasteiger partial charge in [0.15, 0.2) is 0 Å². The molecule has 0 aromatic heterocycles. The SMILES string of the molecule is CCPCCN(CC)CCC/C(C)=C/C=C(CC)\C(C)=C(/C)F. The van der Waals surface area contributed by atoms with Crippen LogP contribution in [-0.4, -0.2) is 36.9 Å². The Balaban J connectivity index is 4.36. The second-order valence-corrected chi connectivity index (χ2v) is 7.82. The minimum Gasteiger partial charge on any atom is -0.303 e. The van der Waals surface area contributed by atoms with Crippen LogP contribution in [0.2, 0.25) is 0 Å². The predicted octanol–water partition coefficient (Wildman–Crippen LogP) is 6.33. The maximum Gasteiger partial charge on any atom is 0.1000 e. The largest absolute Gasteiger partial charge is 0.303 e. The molecule has 0 heterocycles. The van der Waals surface area contributed by atoms with E-state index in [2.05, 4.69) is 44.7 Å². The molecule has 0 N–H and O–H groups in total. The van der Waals surface area contributed by atoms with Crippen molar-refractivity contribution >= 4 is 8.58 Å². The third-order valence-electron chi connectivity index (χ3n) is 4.30. The first-order valence-electron chi connectivity index (χ1n) is 9.08. The van der Waals surface area contributed by atoms with E-state index >= 15 is 0 Å². The third kappa shape index (κ3) is 10.8. The predicted molar refractivity (Wildman–Crippen MR) is 107 cm³/mol. The molecule has 0 aliphatic carbocycles. The molecule has 0 saturated carbocycles. The molecule has 1 atom stereocenters. The van der Waals surface area contributed by atoms with Crippen molar-refractivity contribution in [3.63, 3.8) is 0 Å². The van der Waals surface area contributed by atoms with Crippen LogP contribution >= 0.6 is 8.58 Å². The Morgan fingerprint density at radius 1 is 1.04 bits per heavy atom. The molecular formula is C20H37FNP. The maximum atomic E-state index is 13.3. The lowest BCUT2D eigenvalue weighted by atomic mass is 10.0. The first-order chi connectivity index (χ1) is 11.0. The fourth-order valence-corrected chi connectivity index (χ4v) is 3.31. The van der Waals surface area contributed by atoms with Crippen molar-refractivity contribution in [1.29, 1.82) is 0 Å². The van der Waals surface area contributed by atoms with Crippen molar-refractivity contribution < 1.29 is 4.39 Å². The first kappa shape index (κ1) is 22.5. The van der Waals surface area contributed by atoms with E-state index in [-0.39, 0.29) is 5.83 Å². The molecule has 0 bridgehead atoms. The molecule has 0 fully saturated rings. The molecule has 23 heavy (non-hydrogen) atoms. The third-order valence-corrected chi connectivity index (χ3v) is 5.37. The van der Waals surface area contributed by atoms with Crippen LogP contribution in [0.4, 0.5) is 4.39 Å². The van der Waals surface area contributed by atoms with Crippen molar-refractivity contribution in [2.45, 2.75) is 60.8 Å². The number of allylic oxidation sites excluding steroid dienone is 6. The van der Waals surface area contributed by atoms with Gasteiger partial charge in [0.05, 0.1) is 5.83 Å². The molecule has 0 aliphatic rings. The normalized spacial score (nSPS) is 15.0. The molecule has 0 rings (SSSR count). The van der Waals surface area contributed by atoms with E-state index in [1.165, 1.54) is 44.3 Å². The van der Waals surface area contributed by atoms with Gasteiger partial charge < -0.3 is 4.90 Å². The quantitative estimate of drug-likeness (QED) is 0.228. The molecule has 0 saturated heterocycles. The van der Waals surface area contributed by atoms with Crippen LogP contribution in [0.1, 0.15) is 60.8 Å². The van der Waals surface area contributed by atoms with Crippen molar-refractivity contribution in [3.8, 4) is 0 Å². The number of hydrogen-bond donors (Lipinski definition) is 0. The lowest BCUT2D eigenvalue weighted by Gasteiger charge is -2.20. The van der Waals surface area contributed by atoms with Crippen LogP contribution in [0, 0.1) is 0 Å². The lowest BCUT2D eigenvalue weighted by molar-refractivity contribution is 0.302. The van der Waals surface area contributed by atoms with Gasteiger partial charge in [0.1, 0.15) is 0 Å². The maximum absolute atomic E-state index is 13.3.